The van der Waals surface area contributed by atoms with Crippen LogP contribution in [-0.2, 0) is 11.2 Å². The van der Waals surface area contributed by atoms with Gasteiger partial charge in [0.05, 0.1) is 0 Å². The van der Waals surface area contributed by atoms with Crippen LogP contribution in [0.5, 0.6) is 0 Å². The highest BCUT2D eigenvalue weighted by atomic mass is 35.5. The molecule has 1 aromatic rings. The van der Waals surface area contributed by atoms with Crippen molar-refractivity contribution in [1.82, 2.24) is 5.32 Å². The van der Waals surface area contributed by atoms with Crippen LogP contribution in [0.4, 0.5) is 8.78 Å². The first-order valence-corrected chi connectivity index (χ1v) is 5.55. The summed E-state index contributed by atoms with van der Waals surface area (Å²) in [6.07, 6.45) is 1.10. The number of halogens is 3. The molecule has 1 rings (SSSR count). The molecular weight excluding hydrogens is 262 g/mol. The monoisotopic (exact) mass is 278 g/mol. The van der Waals surface area contributed by atoms with Crippen LogP contribution in [0.3, 0.4) is 0 Å². The molecule has 0 atom stereocenters. The number of amides is 1. The van der Waals surface area contributed by atoms with E-state index in [9.17, 15) is 13.6 Å². The second kappa shape index (κ2) is 8.83. The van der Waals surface area contributed by atoms with E-state index in [0.717, 1.165) is 0 Å². The third kappa shape index (κ3) is 5.42. The van der Waals surface area contributed by atoms with E-state index in [4.69, 9.17) is 5.73 Å². The van der Waals surface area contributed by atoms with Crippen LogP contribution in [0.2, 0.25) is 0 Å². The summed E-state index contributed by atoms with van der Waals surface area (Å²) in [6.45, 7) is 0.677. The molecule has 102 valence electrons. The summed E-state index contributed by atoms with van der Waals surface area (Å²) in [5.74, 6) is -1.31. The van der Waals surface area contributed by atoms with Crippen LogP contribution in [0.25, 0.3) is 0 Å². The Morgan fingerprint density at radius 2 is 1.89 bits per heavy atom. The third-order valence-corrected chi connectivity index (χ3v) is 2.37. The number of benzene rings is 1. The molecule has 0 unspecified atom stereocenters. The average Bonchev–Trinajstić information content (AvgIpc) is 2.30. The Hall–Kier alpha value is -1.20. The Morgan fingerprint density at radius 1 is 1.28 bits per heavy atom. The lowest BCUT2D eigenvalue weighted by Crippen LogP contribution is -2.26. The van der Waals surface area contributed by atoms with E-state index in [-0.39, 0.29) is 36.8 Å². The first-order valence-electron chi connectivity index (χ1n) is 5.55. The van der Waals surface area contributed by atoms with E-state index >= 15 is 0 Å². The quantitative estimate of drug-likeness (QED) is 0.833. The second-order valence-electron chi connectivity index (χ2n) is 3.69. The van der Waals surface area contributed by atoms with Gasteiger partial charge in [-0.15, -0.1) is 12.4 Å². The zero-order chi connectivity index (χ0) is 12.7. The van der Waals surface area contributed by atoms with E-state index in [0.29, 0.717) is 19.4 Å². The lowest BCUT2D eigenvalue weighted by atomic mass is 10.1. The lowest BCUT2D eigenvalue weighted by molar-refractivity contribution is -0.121. The van der Waals surface area contributed by atoms with Crippen molar-refractivity contribution in [2.75, 3.05) is 13.1 Å². The molecule has 0 spiro atoms. The van der Waals surface area contributed by atoms with E-state index in [1.54, 1.807) is 0 Å². The molecule has 1 aromatic carbocycles. The van der Waals surface area contributed by atoms with Crippen LogP contribution in [-0.4, -0.2) is 19.0 Å². The minimum absolute atomic E-state index is 0. The van der Waals surface area contributed by atoms with Gasteiger partial charge in [-0.2, -0.15) is 0 Å². The number of nitrogens with two attached hydrogens (primary N) is 1. The molecule has 0 saturated carbocycles. The molecule has 1 amide bonds. The summed E-state index contributed by atoms with van der Waals surface area (Å²) in [5.41, 5.74) is 5.26. The predicted molar refractivity (Wildman–Crippen MR) is 68.6 cm³/mol. The highest BCUT2D eigenvalue weighted by Gasteiger charge is 2.08. The molecular formula is C12H17ClF2N2O. The SMILES string of the molecule is Cl.NCCCC(=O)NCCc1c(F)cccc1F. The maximum absolute atomic E-state index is 13.2. The van der Waals surface area contributed by atoms with Gasteiger partial charge in [0.15, 0.2) is 0 Å². The van der Waals surface area contributed by atoms with Gasteiger partial charge in [0.1, 0.15) is 11.6 Å². The summed E-state index contributed by atoms with van der Waals surface area (Å²) in [4.78, 5) is 11.2. The Morgan fingerprint density at radius 3 is 2.44 bits per heavy atom. The zero-order valence-corrected chi connectivity index (χ0v) is 10.7. The van der Waals surface area contributed by atoms with Crippen molar-refractivity contribution in [3.63, 3.8) is 0 Å². The summed E-state index contributed by atoms with van der Waals surface area (Å²) in [7, 11) is 0. The molecule has 0 aliphatic carbocycles. The summed E-state index contributed by atoms with van der Waals surface area (Å²) >= 11 is 0. The van der Waals surface area contributed by atoms with Crippen LogP contribution in [0.15, 0.2) is 18.2 Å². The van der Waals surface area contributed by atoms with Crippen LogP contribution in [0, 0.1) is 11.6 Å². The first kappa shape index (κ1) is 16.8. The highest BCUT2D eigenvalue weighted by Crippen LogP contribution is 2.11. The van der Waals surface area contributed by atoms with Crippen molar-refractivity contribution >= 4 is 18.3 Å². The molecule has 3 nitrogen and oxygen atoms in total. The molecule has 6 heteroatoms. The average molecular weight is 279 g/mol. The van der Waals surface area contributed by atoms with E-state index in [1.807, 2.05) is 0 Å². The zero-order valence-electron chi connectivity index (χ0n) is 9.92. The van der Waals surface area contributed by atoms with Gasteiger partial charge in [-0.25, -0.2) is 8.78 Å². The van der Waals surface area contributed by atoms with Crippen LogP contribution in [0.1, 0.15) is 18.4 Å². The number of rotatable bonds is 6. The molecule has 0 saturated heterocycles. The standard InChI is InChI=1S/C12H16F2N2O.ClH/c13-10-3-1-4-11(14)9(10)6-8-16-12(17)5-2-7-15;/h1,3-4H,2,5-8,15H2,(H,16,17);1H. The molecule has 0 radical (unpaired) electrons. The Bertz CT molecular complexity index is 368. The van der Waals surface area contributed by atoms with Crippen molar-refractivity contribution in [3.05, 3.63) is 35.4 Å². The van der Waals surface area contributed by atoms with Gasteiger partial charge >= 0.3 is 0 Å². The maximum atomic E-state index is 13.2. The van der Waals surface area contributed by atoms with Crippen molar-refractivity contribution in [2.24, 2.45) is 5.73 Å². The van der Waals surface area contributed by atoms with E-state index < -0.39 is 11.6 Å². The largest absolute Gasteiger partial charge is 0.356 e. The third-order valence-electron chi connectivity index (χ3n) is 2.37. The van der Waals surface area contributed by atoms with Gasteiger partial charge in [0, 0.05) is 18.5 Å². The first-order chi connectivity index (χ1) is 8.15. The van der Waals surface area contributed by atoms with Gasteiger partial charge in [-0.1, -0.05) is 6.07 Å². The highest BCUT2D eigenvalue weighted by molar-refractivity contribution is 5.85. The summed E-state index contributed by atoms with van der Waals surface area (Å²) < 4.78 is 26.4. The van der Waals surface area contributed by atoms with E-state index in [1.165, 1.54) is 18.2 Å². The summed E-state index contributed by atoms with van der Waals surface area (Å²) in [5, 5.41) is 2.59. The van der Waals surface area contributed by atoms with Crippen molar-refractivity contribution in [1.29, 1.82) is 0 Å². The Kier molecular flexibility index (Phi) is 8.24. The normalized spacial score (nSPS) is 9.72. The van der Waals surface area contributed by atoms with E-state index in [2.05, 4.69) is 5.32 Å². The lowest BCUT2D eigenvalue weighted by Gasteiger charge is -2.06. The van der Waals surface area contributed by atoms with Gasteiger partial charge in [0.2, 0.25) is 5.91 Å². The molecule has 18 heavy (non-hydrogen) atoms. The van der Waals surface area contributed by atoms with Crippen molar-refractivity contribution < 1.29 is 13.6 Å². The fourth-order valence-corrected chi connectivity index (χ4v) is 1.45. The number of hydrogen-bond acceptors (Lipinski definition) is 2. The van der Waals surface area contributed by atoms with Gasteiger partial charge < -0.3 is 11.1 Å². The minimum atomic E-state index is -0.582. The number of carbonyl (C=O) groups is 1. The van der Waals surface area contributed by atoms with Gasteiger partial charge in [-0.05, 0) is 31.5 Å². The second-order valence-corrected chi connectivity index (χ2v) is 3.69. The molecule has 0 fully saturated rings. The summed E-state index contributed by atoms with van der Waals surface area (Å²) in [6, 6.07) is 3.72. The topological polar surface area (TPSA) is 55.1 Å². The van der Waals surface area contributed by atoms with Gasteiger partial charge in [-0.3, -0.25) is 4.79 Å². The van der Waals surface area contributed by atoms with Crippen LogP contribution < -0.4 is 11.1 Å². The smallest absolute Gasteiger partial charge is 0.220 e. The number of hydrogen-bond donors (Lipinski definition) is 2. The van der Waals surface area contributed by atoms with Gasteiger partial charge in [0.25, 0.3) is 0 Å². The molecule has 0 aliphatic rings. The van der Waals surface area contributed by atoms with Crippen molar-refractivity contribution in [2.45, 2.75) is 19.3 Å². The number of nitrogens with one attached hydrogen (secondary N) is 1. The fourth-order valence-electron chi connectivity index (χ4n) is 1.45. The molecule has 3 N–H and O–H groups in total. The number of carbonyl (C=O) groups excluding carboxylic acids is 1. The van der Waals surface area contributed by atoms with Crippen molar-refractivity contribution in [3.8, 4) is 0 Å². The molecule has 0 bridgehead atoms. The van der Waals surface area contributed by atoms with Crippen LogP contribution >= 0.6 is 12.4 Å². The maximum Gasteiger partial charge on any atom is 0.220 e. The predicted octanol–water partition coefficient (Wildman–Crippen LogP) is 1.78. The fraction of sp³-hybridized carbons (Fsp3) is 0.417. The minimum Gasteiger partial charge on any atom is -0.356 e. The molecule has 0 heterocycles. The Balaban J connectivity index is 0.00000289. The Labute approximate surface area is 111 Å². The molecule has 0 aliphatic heterocycles. The molecule has 0 aromatic heterocycles.